The Balaban J connectivity index is 1.99. The standard InChI is InChI=1S/C12H12N2O3S2/c1-2-17-10(15)6-4-8-19(16)12-14-9-5-3-7-13-11(9)18-12/h3-7H,2,8H2,1H3. The number of fused-ring (bicyclic) bond motifs is 1. The Labute approximate surface area is 117 Å². The van der Waals surface area contributed by atoms with Gasteiger partial charge in [0, 0.05) is 23.4 Å². The minimum Gasteiger partial charge on any atom is -0.609 e. The average Bonchev–Trinajstić information content (AvgIpc) is 2.82. The molecule has 0 fully saturated rings. The molecule has 7 heteroatoms. The van der Waals surface area contributed by atoms with Crippen molar-refractivity contribution in [3.8, 4) is 0 Å². The summed E-state index contributed by atoms with van der Waals surface area (Å²) in [5, 5.41) is 0. The molecule has 0 aliphatic carbocycles. The van der Waals surface area contributed by atoms with Crippen molar-refractivity contribution >= 4 is 38.8 Å². The minimum atomic E-state index is -1.26. The molecule has 19 heavy (non-hydrogen) atoms. The van der Waals surface area contributed by atoms with Gasteiger partial charge in [0.25, 0.3) is 0 Å². The van der Waals surface area contributed by atoms with Crippen LogP contribution in [0.3, 0.4) is 0 Å². The van der Waals surface area contributed by atoms with E-state index in [0.29, 0.717) is 10.9 Å². The van der Waals surface area contributed by atoms with E-state index in [2.05, 4.69) is 9.97 Å². The van der Waals surface area contributed by atoms with Gasteiger partial charge in [-0.15, -0.1) is 0 Å². The minimum absolute atomic E-state index is 0.235. The second-order valence-electron chi connectivity index (χ2n) is 3.47. The molecule has 0 N–H and O–H groups in total. The summed E-state index contributed by atoms with van der Waals surface area (Å²) in [5.74, 6) is -0.191. The zero-order valence-corrected chi connectivity index (χ0v) is 11.9. The van der Waals surface area contributed by atoms with Crippen LogP contribution >= 0.6 is 11.3 Å². The third-order valence-corrected chi connectivity index (χ3v) is 4.69. The highest BCUT2D eigenvalue weighted by Crippen LogP contribution is 2.23. The normalized spacial score (nSPS) is 12.9. The molecular formula is C12H12N2O3S2. The molecule has 2 rings (SSSR count). The van der Waals surface area contributed by atoms with Gasteiger partial charge in [-0.2, -0.15) is 4.98 Å². The first kappa shape index (κ1) is 14.0. The average molecular weight is 296 g/mol. The molecule has 1 atom stereocenters. The number of thiazole rings is 1. The number of ether oxygens (including phenoxy) is 1. The van der Waals surface area contributed by atoms with Crippen molar-refractivity contribution in [2.45, 2.75) is 11.3 Å². The molecule has 0 saturated heterocycles. The molecule has 100 valence electrons. The smallest absolute Gasteiger partial charge is 0.330 e. The van der Waals surface area contributed by atoms with E-state index in [1.165, 1.54) is 23.5 Å². The summed E-state index contributed by atoms with van der Waals surface area (Å²) < 4.78 is 17.2. The fourth-order valence-corrected chi connectivity index (χ4v) is 3.41. The molecule has 0 bridgehead atoms. The van der Waals surface area contributed by atoms with Crippen LogP contribution in [0.15, 0.2) is 34.8 Å². The van der Waals surface area contributed by atoms with Gasteiger partial charge in [-0.3, -0.25) is 0 Å². The predicted molar refractivity (Wildman–Crippen MR) is 74.5 cm³/mol. The molecule has 0 spiro atoms. The highest BCUT2D eigenvalue weighted by atomic mass is 32.2. The van der Waals surface area contributed by atoms with Crippen LogP contribution in [-0.4, -0.2) is 32.8 Å². The molecule has 2 aromatic heterocycles. The number of carbonyl (C=O) groups is 1. The summed E-state index contributed by atoms with van der Waals surface area (Å²) in [7, 11) is 0. The number of rotatable bonds is 5. The summed E-state index contributed by atoms with van der Waals surface area (Å²) in [5.41, 5.74) is 0.741. The van der Waals surface area contributed by atoms with Crippen LogP contribution in [0.5, 0.6) is 0 Å². The molecule has 1 unspecified atom stereocenters. The lowest BCUT2D eigenvalue weighted by Gasteiger charge is -2.02. The molecule has 0 amide bonds. The number of pyridine rings is 1. The number of nitrogens with zero attached hydrogens (tertiary/aromatic N) is 2. The van der Waals surface area contributed by atoms with Crippen LogP contribution in [0.1, 0.15) is 6.92 Å². The molecule has 0 aliphatic rings. The van der Waals surface area contributed by atoms with Crippen molar-refractivity contribution in [2.24, 2.45) is 0 Å². The van der Waals surface area contributed by atoms with Gasteiger partial charge in [0.1, 0.15) is 16.1 Å². The fourth-order valence-electron chi connectivity index (χ4n) is 1.34. The fraction of sp³-hybridized carbons (Fsp3) is 0.250. The van der Waals surface area contributed by atoms with Crippen molar-refractivity contribution < 1.29 is 14.1 Å². The van der Waals surface area contributed by atoms with Crippen molar-refractivity contribution in [1.82, 2.24) is 9.97 Å². The Morgan fingerprint density at radius 1 is 1.63 bits per heavy atom. The number of hydrogen-bond donors (Lipinski definition) is 0. The second kappa shape index (κ2) is 6.65. The first-order valence-electron chi connectivity index (χ1n) is 5.64. The van der Waals surface area contributed by atoms with Crippen LogP contribution in [0.2, 0.25) is 0 Å². The molecule has 0 saturated carbocycles. The van der Waals surface area contributed by atoms with E-state index < -0.39 is 17.1 Å². The van der Waals surface area contributed by atoms with E-state index in [4.69, 9.17) is 4.74 Å². The van der Waals surface area contributed by atoms with E-state index in [9.17, 15) is 9.35 Å². The van der Waals surface area contributed by atoms with Gasteiger partial charge in [0.2, 0.25) is 0 Å². The Bertz CT molecular complexity index is 564. The highest BCUT2D eigenvalue weighted by Gasteiger charge is 2.16. The first-order valence-corrected chi connectivity index (χ1v) is 7.77. The number of aromatic nitrogens is 2. The van der Waals surface area contributed by atoms with Gasteiger partial charge in [-0.05, 0) is 36.5 Å². The molecule has 2 aromatic rings. The highest BCUT2D eigenvalue weighted by molar-refractivity contribution is 7.93. The third-order valence-electron chi connectivity index (χ3n) is 2.13. The summed E-state index contributed by atoms with van der Waals surface area (Å²) in [6, 6.07) is 3.61. The Morgan fingerprint density at radius 3 is 3.21 bits per heavy atom. The Kier molecular flexibility index (Phi) is 4.89. The lowest BCUT2D eigenvalue weighted by atomic mass is 10.5. The largest absolute Gasteiger partial charge is 0.609 e. The van der Waals surface area contributed by atoms with E-state index >= 15 is 0 Å². The van der Waals surface area contributed by atoms with E-state index in [1.54, 1.807) is 19.2 Å². The van der Waals surface area contributed by atoms with Crippen LogP contribution in [0.4, 0.5) is 0 Å². The number of esters is 1. The van der Waals surface area contributed by atoms with Crippen LogP contribution in [-0.2, 0) is 20.7 Å². The molecule has 0 aliphatic heterocycles. The predicted octanol–water partition coefficient (Wildman–Crippen LogP) is 1.92. The van der Waals surface area contributed by atoms with E-state index in [0.717, 1.165) is 10.3 Å². The molecule has 2 heterocycles. The lowest BCUT2D eigenvalue weighted by molar-refractivity contribution is -0.137. The van der Waals surface area contributed by atoms with Crippen LogP contribution < -0.4 is 0 Å². The third kappa shape index (κ3) is 3.76. The maximum atomic E-state index is 12.0. The summed E-state index contributed by atoms with van der Waals surface area (Å²) >= 11 is 0.0384. The summed E-state index contributed by atoms with van der Waals surface area (Å²) in [4.78, 5) is 20.2. The van der Waals surface area contributed by atoms with E-state index in [-0.39, 0.29) is 5.75 Å². The summed E-state index contributed by atoms with van der Waals surface area (Å²) in [6.07, 6.45) is 4.49. The second-order valence-corrected chi connectivity index (χ2v) is 6.12. The van der Waals surface area contributed by atoms with Gasteiger partial charge in [-0.25, -0.2) is 9.78 Å². The zero-order valence-electron chi connectivity index (χ0n) is 10.2. The van der Waals surface area contributed by atoms with Gasteiger partial charge in [0.05, 0.1) is 6.61 Å². The van der Waals surface area contributed by atoms with Gasteiger partial charge >= 0.3 is 10.3 Å². The van der Waals surface area contributed by atoms with Gasteiger partial charge < -0.3 is 9.29 Å². The van der Waals surface area contributed by atoms with Crippen molar-refractivity contribution in [2.75, 3.05) is 12.4 Å². The molecule has 5 nitrogen and oxygen atoms in total. The maximum absolute atomic E-state index is 12.0. The molecule has 0 radical (unpaired) electrons. The van der Waals surface area contributed by atoms with Gasteiger partial charge in [0.15, 0.2) is 0 Å². The van der Waals surface area contributed by atoms with Crippen molar-refractivity contribution in [1.29, 1.82) is 0 Å². The van der Waals surface area contributed by atoms with Crippen molar-refractivity contribution in [3.05, 3.63) is 30.5 Å². The van der Waals surface area contributed by atoms with Crippen LogP contribution in [0.25, 0.3) is 10.3 Å². The van der Waals surface area contributed by atoms with E-state index in [1.807, 2.05) is 6.07 Å². The number of carbonyl (C=O) groups excluding carboxylic acids is 1. The van der Waals surface area contributed by atoms with Crippen molar-refractivity contribution in [3.63, 3.8) is 0 Å². The maximum Gasteiger partial charge on any atom is 0.330 e. The first-order chi connectivity index (χ1) is 9.20. The molecular weight excluding hydrogens is 284 g/mol. The zero-order chi connectivity index (χ0) is 13.7. The monoisotopic (exact) mass is 296 g/mol. The van der Waals surface area contributed by atoms with Crippen LogP contribution in [0, 0.1) is 0 Å². The topological polar surface area (TPSA) is 75.1 Å². The SMILES string of the molecule is CCOC(=O)C=CC[S+]([O-])c1nc2cccnc2s1. The number of hydrogen-bond acceptors (Lipinski definition) is 6. The lowest BCUT2D eigenvalue weighted by Crippen LogP contribution is -2.05. The molecule has 0 aromatic carbocycles. The quantitative estimate of drug-likeness (QED) is 0.478. The van der Waals surface area contributed by atoms with Gasteiger partial charge in [-0.1, -0.05) is 0 Å². The Hall–Kier alpha value is -1.44. The Morgan fingerprint density at radius 2 is 2.47 bits per heavy atom. The summed E-state index contributed by atoms with van der Waals surface area (Å²) in [6.45, 7) is 2.06.